The van der Waals surface area contributed by atoms with Crippen molar-refractivity contribution >= 4 is 23.4 Å². The van der Waals surface area contributed by atoms with Crippen LogP contribution >= 0.6 is 23.4 Å². The van der Waals surface area contributed by atoms with E-state index in [4.69, 9.17) is 11.6 Å². The first-order valence-electron chi connectivity index (χ1n) is 4.86. The van der Waals surface area contributed by atoms with Crippen molar-refractivity contribution in [1.29, 1.82) is 0 Å². The van der Waals surface area contributed by atoms with Gasteiger partial charge in [-0.1, -0.05) is 35.9 Å². The Balaban J connectivity index is 2.26. The molecular weight excluding hydrogens is 226 g/mol. The lowest BCUT2D eigenvalue weighted by molar-refractivity contribution is 0.885. The topological polar surface area (TPSA) is 12.0 Å². The Morgan fingerprint density at radius 3 is 2.67 bits per heavy atom. The minimum Gasteiger partial charge on any atom is -0.316 e. The zero-order chi connectivity index (χ0) is 11.1. The van der Waals surface area contributed by atoms with Crippen LogP contribution in [0, 0.1) is 0 Å². The quantitative estimate of drug-likeness (QED) is 0.767. The van der Waals surface area contributed by atoms with Gasteiger partial charge in [0.1, 0.15) is 0 Å². The lowest BCUT2D eigenvalue weighted by atomic mass is 10.2. The minimum absolute atomic E-state index is 0.795. The van der Waals surface area contributed by atoms with Gasteiger partial charge in [-0.3, -0.25) is 0 Å². The predicted molar refractivity (Wildman–Crippen MR) is 70.7 cm³/mol. The first-order chi connectivity index (χ1) is 7.22. The van der Waals surface area contributed by atoms with Crippen LogP contribution in [0.5, 0.6) is 0 Å². The van der Waals surface area contributed by atoms with E-state index in [0.29, 0.717) is 0 Å². The first-order valence-corrected chi connectivity index (χ1v) is 6.39. The monoisotopic (exact) mass is 241 g/mol. The van der Waals surface area contributed by atoms with Crippen LogP contribution in [0.2, 0.25) is 5.02 Å². The highest BCUT2D eigenvalue weighted by molar-refractivity contribution is 7.98. The van der Waals surface area contributed by atoms with Crippen molar-refractivity contribution in [2.75, 3.05) is 19.3 Å². The lowest BCUT2D eigenvalue weighted by Gasteiger charge is -2.04. The summed E-state index contributed by atoms with van der Waals surface area (Å²) in [5, 5.41) is 3.89. The van der Waals surface area contributed by atoms with Gasteiger partial charge in [-0.05, 0) is 24.7 Å². The average molecular weight is 242 g/mol. The van der Waals surface area contributed by atoms with E-state index in [2.05, 4.69) is 24.0 Å². The highest BCUT2D eigenvalue weighted by Crippen LogP contribution is 2.16. The summed E-state index contributed by atoms with van der Waals surface area (Å²) in [6.07, 6.45) is 0. The Bertz CT molecular complexity index is 308. The van der Waals surface area contributed by atoms with Gasteiger partial charge in [0, 0.05) is 23.1 Å². The van der Waals surface area contributed by atoms with E-state index in [1.807, 2.05) is 30.9 Å². The molecule has 0 spiro atoms. The summed E-state index contributed by atoms with van der Waals surface area (Å²) in [5.74, 6) is 2.02. The van der Waals surface area contributed by atoms with Gasteiger partial charge in [-0.25, -0.2) is 0 Å². The molecule has 1 nitrogen and oxygen atoms in total. The van der Waals surface area contributed by atoms with Gasteiger partial charge < -0.3 is 5.32 Å². The number of nitrogens with one attached hydrogen (secondary N) is 1. The van der Waals surface area contributed by atoms with E-state index >= 15 is 0 Å². The van der Waals surface area contributed by atoms with Crippen LogP contribution in [0.25, 0.3) is 0 Å². The molecular formula is C12H16ClNS. The zero-order valence-corrected chi connectivity index (χ0v) is 10.5. The SMILES string of the molecule is C=C(CNC)CSCc1ccc(Cl)cc1. The molecule has 1 N–H and O–H groups in total. The van der Waals surface area contributed by atoms with Gasteiger partial charge in [0.05, 0.1) is 0 Å². The summed E-state index contributed by atoms with van der Waals surface area (Å²) < 4.78 is 0. The fourth-order valence-electron chi connectivity index (χ4n) is 1.19. The second kappa shape index (κ2) is 6.94. The molecule has 0 heterocycles. The molecule has 0 aliphatic heterocycles. The number of halogens is 1. The fourth-order valence-corrected chi connectivity index (χ4v) is 2.24. The van der Waals surface area contributed by atoms with Crippen molar-refractivity contribution in [2.24, 2.45) is 0 Å². The van der Waals surface area contributed by atoms with E-state index < -0.39 is 0 Å². The molecule has 0 bridgehead atoms. The number of thioether (sulfide) groups is 1. The van der Waals surface area contributed by atoms with Gasteiger partial charge in [0.25, 0.3) is 0 Å². The summed E-state index contributed by atoms with van der Waals surface area (Å²) in [4.78, 5) is 0. The maximum Gasteiger partial charge on any atom is 0.0406 e. The minimum atomic E-state index is 0.795. The largest absolute Gasteiger partial charge is 0.316 e. The Hall–Kier alpha value is -0.440. The standard InChI is InChI=1S/C12H16ClNS/c1-10(7-14-2)8-15-9-11-3-5-12(13)6-4-11/h3-6,14H,1,7-9H2,2H3. The van der Waals surface area contributed by atoms with Gasteiger partial charge in [-0.2, -0.15) is 11.8 Å². The smallest absolute Gasteiger partial charge is 0.0406 e. The number of benzene rings is 1. The van der Waals surface area contributed by atoms with Crippen molar-refractivity contribution in [3.8, 4) is 0 Å². The molecule has 0 radical (unpaired) electrons. The highest BCUT2D eigenvalue weighted by Gasteiger charge is 1.96. The molecule has 1 aromatic rings. The van der Waals surface area contributed by atoms with Gasteiger partial charge in [-0.15, -0.1) is 0 Å². The second-order valence-corrected chi connectivity index (χ2v) is 4.82. The predicted octanol–water partition coefficient (Wildman–Crippen LogP) is 3.35. The normalized spacial score (nSPS) is 10.3. The van der Waals surface area contributed by atoms with Crippen LogP contribution in [0.3, 0.4) is 0 Å². The number of likely N-dealkylation sites (N-methyl/N-ethyl adjacent to an activating group) is 1. The zero-order valence-electron chi connectivity index (χ0n) is 8.92. The summed E-state index contributed by atoms with van der Waals surface area (Å²) >= 11 is 7.69. The molecule has 1 rings (SSSR count). The maximum atomic E-state index is 5.81. The van der Waals surface area contributed by atoms with Crippen LogP contribution in [0.1, 0.15) is 5.56 Å². The van der Waals surface area contributed by atoms with Crippen molar-refractivity contribution in [1.82, 2.24) is 5.32 Å². The average Bonchev–Trinajstić information content (AvgIpc) is 2.21. The third-order valence-corrected chi connectivity index (χ3v) is 3.32. The highest BCUT2D eigenvalue weighted by atomic mass is 35.5. The molecule has 0 aliphatic rings. The third kappa shape index (κ3) is 5.26. The first kappa shape index (κ1) is 12.6. The number of hydrogen-bond donors (Lipinski definition) is 1. The molecule has 1 aromatic carbocycles. The van der Waals surface area contributed by atoms with Crippen LogP contribution in [-0.4, -0.2) is 19.3 Å². The Labute approximate surface area is 101 Å². The second-order valence-electron chi connectivity index (χ2n) is 3.40. The Morgan fingerprint density at radius 2 is 2.07 bits per heavy atom. The van der Waals surface area contributed by atoms with Crippen molar-refractivity contribution < 1.29 is 0 Å². The van der Waals surface area contributed by atoms with Crippen molar-refractivity contribution in [3.63, 3.8) is 0 Å². The number of rotatable bonds is 6. The van der Waals surface area contributed by atoms with E-state index in [-0.39, 0.29) is 0 Å². The molecule has 3 heteroatoms. The van der Waals surface area contributed by atoms with Crippen molar-refractivity contribution in [3.05, 3.63) is 47.0 Å². The Morgan fingerprint density at radius 1 is 1.40 bits per heavy atom. The number of hydrogen-bond acceptors (Lipinski definition) is 2. The summed E-state index contributed by atoms with van der Waals surface area (Å²) in [6, 6.07) is 7.99. The molecule has 0 amide bonds. The molecule has 0 saturated carbocycles. The van der Waals surface area contributed by atoms with Crippen LogP contribution in [-0.2, 0) is 5.75 Å². The maximum absolute atomic E-state index is 5.81. The summed E-state index contributed by atoms with van der Waals surface area (Å²) in [5.41, 5.74) is 2.54. The van der Waals surface area contributed by atoms with E-state index in [9.17, 15) is 0 Å². The molecule has 0 aliphatic carbocycles. The van der Waals surface area contributed by atoms with Crippen LogP contribution in [0.4, 0.5) is 0 Å². The van der Waals surface area contributed by atoms with Gasteiger partial charge >= 0.3 is 0 Å². The Kier molecular flexibility index (Phi) is 5.84. The van der Waals surface area contributed by atoms with Crippen LogP contribution < -0.4 is 5.32 Å². The van der Waals surface area contributed by atoms with E-state index in [0.717, 1.165) is 23.1 Å². The molecule has 15 heavy (non-hydrogen) atoms. The van der Waals surface area contributed by atoms with Crippen molar-refractivity contribution in [2.45, 2.75) is 5.75 Å². The summed E-state index contributed by atoms with van der Waals surface area (Å²) in [7, 11) is 1.94. The van der Waals surface area contributed by atoms with Gasteiger partial charge in [0.2, 0.25) is 0 Å². The van der Waals surface area contributed by atoms with Crippen LogP contribution in [0.15, 0.2) is 36.4 Å². The molecule has 0 fully saturated rings. The summed E-state index contributed by atoms with van der Waals surface area (Å²) in [6.45, 7) is 4.88. The van der Waals surface area contributed by atoms with E-state index in [1.54, 1.807) is 0 Å². The van der Waals surface area contributed by atoms with E-state index in [1.165, 1.54) is 11.1 Å². The molecule has 0 aromatic heterocycles. The fraction of sp³-hybridized carbons (Fsp3) is 0.333. The molecule has 0 atom stereocenters. The molecule has 0 unspecified atom stereocenters. The third-order valence-electron chi connectivity index (χ3n) is 1.91. The lowest BCUT2D eigenvalue weighted by Crippen LogP contribution is -2.10. The molecule has 82 valence electrons. The van der Waals surface area contributed by atoms with Gasteiger partial charge in [0.15, 0.2) is 0 Å². The molecule has 0 saturated heterocycles.